The van der Waals surface area contributed by atoms with Crippen molar-refractivity contribution in [3.63, 3.8) is 0 Å². The van der Waals surface area contributed by atoms with Gasteiger partial charge < -0.3 is 10.6 Å². The molecule has 0 aromatic carbocycles. The highest BCUT2D eigenvalue weighted by molar-refractivity contribution is 5.92. The molecule has 112 valence electrons. The molecule has 3 N–H and O–H groups in total. The lowest BCUT2D eigenvalue weighted by atomic mass is 10.1. The fourth-order valence-corrected chi connectivity index (χ4v) is 1.79. The van der Waals surface area contributed by atoms with Gasteiger partial charge >= 0.3 is 0 Å². The lowest BCUT2D eigenvalue weighted by Crippen LogP contribution is -2.28. The first-order valence-corrected chi connectivity index (χ1v) is 7.31. The molecule has 0 atom stereocenters. The fourth-order valence-electron chi connectivity index (χ4n) is 1.79. The van der Waals surface area contributed by atoms with Crippen molar-refractivity contribution < 1.29 is 0 Å². The van der Waals surface area contributed by atoms with Crippen LogP contribution in [0.3, 0.4) is 0 Å². The second-order valence-corrected chi connectivity index (χ2v) is 6.03. The third-order valence-corrected chi connectivity index (χ3v) is 3.19. The number of nitrogens with zero attached hydrogens (tertiary/aromatic N) is 3. The van der Waals surface area contributed by atoms with Crippen LogP contribution in [0.1, 0.15) is 46.2 Å². The third-order valence-electron chi connectivity index (χ3n) is 3.19. The van der Waals surface area contributed by atoms with Gasteiger partial charge in [0.25, 0.3) is 0 Å². The second kappa shape index (κ2) is 7.82. The summed E-state index contributed by atoms with van der Waals surface area (Å²) in [7, 11) is 0. The van der Waals surface area contributed by atoms with Gasteiger partial charge in [-0.15, -0.1) is 0 Å². The van der Waals surface area contributed by atoms with Gasteiger partial charge in [0.1, 0.15) is 17.3 Å². The number of nitrogen functional groups attached to an aromatic ring is 1. The number of aromatic nitrogens is 2. The van der Waals surface area contributed by atoms with Gasteiger partial charge in [-0.25, -0.2) is 9.97 Å². The van der Waals surface area contributed by atoms with Crippen molar-refractivity contribution in [2.75, 3.05) is 18.0 Å². The van der Waals surface area contributed by atoms with E-state index in [1.807, 2.05) is 0 Å². The van der Waals surface area contributed by atoms with Crippen molar-refractivity contribution in [1.29, 1.82) is 5.41 Å². The SMILES string of the molecule is CC(C)CCN(CCC(C)C)c1cnc(C(=N)N)cn1. The van der Waals surface area contributed by atoms with Gasteiger partial charge in [-0.05, 0) is 24.7 Å². The summed E-state index contributed by atoms with van der Waals surface area (Å²) in [5.74, 6) is 2.17. The molecule has 0 saturated heterocycles. The van der Waals surface area contributed by atoms with E-state index in [-0.39, 0.29) is 5.84 Å². The van der Waals surface area contributed by atoms with E-state index < -0.39 is 0 Å². The minimum absolute atomic E-state index is 0.0417. The van der Waals surface area contributed by atoms with Crippen LogP contribution in [0.25, 0.3) is 0 Å². The highest BCUT2D eigenvalue weighted by atomic mass is 15.2. The number of anilines is 1. The van der Waals surface area contributed by atoms with Crippen molar-refractivity contribution in [3.8, 4) is 0 Å². The maximum atomic E-state index is 7.35. The summed E-state index contributed by atoms with van der Waals surface area (Å²) in [6.45, 7) is 10.9. The summed E-state index contributed by atoms with van der Waals surface area (Å²) in [5.41, 5.74) is 5.84. The first-order valence-electron chi connectivity index (χ1n) is 7.31. The van der Waals surface area contributed by atoms with Crippen molar-refractivity contribution in [2.24, 2.45) is 17.6 Å². The first kappa shape index (κ1) is 16.4. The molecule has 0 aliphatic carbocycles. The predicted molar refractivity (Wildman–Crippen MR) is 84.2 cm³/mol. The van der Waals surface area contributed by atoms with Gasteiger partial charge in [0, 0.05) is 13.1 Å². The summed E-state index contributed by atoms with van der Waals surface area (Å²) in [5, 5.41) is 7.35. The van der Waals surface area contributed by atoms with E-state index in [9.17, 15) is 0 Å². The Hall–Kier alpha value is -1.65. The van der Waals surface area contributed by atoms with Crippen LogP contribution in [0.2, 0.25) is 0 Å². The van der Waals surface area contributed by atoms with Gasteiger partial charge in [0.15, 0.2) is 0 Å². The van der Waals surface area contributed by atoms with Gasteiger partial charge in [0.2, 0.25) is 0 Å². The molecule has 0 radical (unpaired) electrons. The van der Waals surface area contributed by atoms with E-state index in [1.54, 1.807) is 12.4 Å². The van der Waals surface area contributed by atoms with Crippen LogP contribution in [0.4, 0.5) is 5.82 Å². The first-order chi connectivity index (χ1) is 9.40. The zero-order valence-electron chi connectivity index (χ0n) is 13.1. The van der Waals surface area contributed by atoms with E-state index in [4.69, 9.17) is 11.1 Å². The number of hydrogen-bond donors (Lipinski definition) is 2. The Morgan fingerprint density at radius 3 is 2.00 bits per heavy atom. The van der Waals surface area contributed by atoms with Crippen LogP contribution < -0.4 is 10.6 Å². The number of amidine groups is 1. The van der Waals surface area contributed by atoms with E-state index in [0.29, 0.717) is 17.5 Å². The average Bonchev–Trinajstić information content (AvgIpc) is 2.38. The lowest BCUT2D eigenvalue weighted by Gasteiger charge is -2.25. The largest absolute Gasteiger partial charge is 0.382 e. The van der Waals surface area contributed by atoms with E-state index in [0.717, 1.165) is 31.7 Å². The molecule has 0 bridgehead atoms. The number of hydrogen-bond acceptors (Lipinski definition) is 4. The molecular weight excluding hydrogens is 250 g/mol. The highest BCUT2D eigenvalue weighted by Gasteiger charge is 2.11. The average molecular weight is 277 g/mol. The molecule has 0 fully saturated rings. The molecule has 0 saturated carbocycles. The minimum Gasteiger partial charge on any atom is -0.382 e. The van der Waals surface area contributed by atoms with Crippen molar-refractivity contribution >= 4 is 11.7 Å². The van der Waals surface area contributed by atoms with Gasteiger partial charge in [-0.3, -0.25) is 5.41 Å². The maximum absolute atomic E-state index is 7.35. The van der Waals surface area contributed by atoms with Gasteiger partial charge in [0.05, 0.1) is 12.4 Å². The molecule has 0 amide bonds. The summed E-state index contributed by atoms with van der Waals surface area (Å²) in [6, 6.07) is 0. The minimum atomic E-state index is -0.0417. The predicted octanol–water partition coefficient (Wildman–Crippen LogP) is 2.66. The zero-order valence-corrected chi connectivity index (χ0v) is 13.1. The second-order valence-electron chi connectivity index (χ2n) is 6.03. The lowest BCUT2D eigenvalue weighted by molar-refractivity contribution is 0.532. The van der Waals surface area contributed by atoms with Crippen LogP contribution in [0.5, 0.6) is 0 Å². The summed E-state index contributed by atoms with van der Waals surface area (Å²) in [6.07, 6.45) is 5.56. The van der Waals surface area contributed by atoms with Gasteiger partial charge in [-0.2, -0.15) is 0 Å². The number of nitrogens with one attached hydrogen (secondary N) is 1. The Bertz CT molecular complexity index is 399. The molecule has 0 spiro atoms. The Kier molecular flexibility index (Phi) is 6.42. The summed E-state index contributed by atoms with van der Waals surface area (Å²) in [4.78, 5) is 10.9. The molecule has 1 aromatic heterocycles. The van der Waals surface area contributed by atoms with Crippen LogP contribution in [-0.4, -0.2) is 28.9 Å². The highest BCUT2D eigenvalue weighted by Crippen LogP contribution is 2.14. The topological polar surface area (TPSA) is 78.9 Å². The van der Waals surface area contributed by atoms with E-state index in [1.165, 1.54) is 0 Å². The molecule has 5 nitrogen and oxygen atoms in total. The molecular formula is C15H27N5. The normalized spacial score (nSPS) is 11.1. The van der Waals surface area contributed by atoms with Crippen LogP contribution in [-0.2, 0) is 0 Å². The molecule has 1 heterocycles. The Balaban J connectivity index is 2.76. The van der Waals surface area contributed by atoms with E-state index in [2.05, 4.69) is 42.6 Å². The van der Waals surface area contributed by atoms with Crippen molar-refractivity contribution in [3.05, 3.63) is 18.1 Å². The standard InChI is InChI=1S/C15H27N5/c1-11(2)5-7-20(8-6-12(3)4)14-10-18-13(9-19-14)15(16)17/h9-12H,5-8H2,1-4H3,(H3,16,17). The maximum Gasteiger partial charge on any atom is 0.147 e. The fraction of sp³-hybridized carbons (Fsp3) is 0.667. The summed E-state index contributed by atoms with van der Waals surface area (Å²) >= 11 is 0. The molecule has 1 aromatic rings. The van der Waals surface area contributed by atoms with Crippen LogP contribution in [0.15, 0.2) is 12.4 Å². The third kappa shape index (κ3) is 5.55. The van der Waals surface area contributed by atoms with Crippen LogP contribution in [0, 0.1) is 17.2 Å². The molecule has 5 heteroatoms. The monoisotopic (exact) mass is 277 g/mol. The van der Waals surface area contributed by atoms with Crippen molar-refractivity contribution in [1.82, 2.24) is 9.97 Å². The molecule has 20 heavy (non-hydrogen) atoms. The van der Waals surface area contributed by atoms with Crippen LogP contribution >= 0.6 is 0 Å². The van der Waals surface area contributed by atoms with Crippen molar-refractivity contribution in [2.45, 2.75) is 40.5 Å². The summed E-state index contributed by atoms with van der Waals surface area (Å²) < 4.78 is 0. The molecule has 0 aliphatic rings. The smallest absolute Gasteiger partial charge is 0.147 e. The molecule has 0 unspecified atom stereocenters. The Labute approximate surface area is 122 Å². The Morgan fingerprint density at radius 2 is 1.65 bits per heavy atom. The zero-order chi connectivity index (χ0) is 15.1. The Morgan fingerprint density at radius 1 is 1.10 bits per heavy atom. The van der Waals surface area contributed by atoms with Gasteiger partial charge in [-0.1, -0.05) is 27.7 Å². The quantitative estimate of drug-likeness (QED) is 0.565. The molecule has 1 rings (SSSR count). The number of nitrogens with two attached hydrogens (primary N) is 1. The molecule has 0 aliphatic heterocycles. The van der Waals surface area contributed by atoms with E-state index >= 15 is 0 Å². The number of rotatable bonds is 8.